The minimum Gasteiger partial charge on any atom is -0.475 e. The fourth-order valence-electron chi connectivity index (χ4n) is 1.64. The second-order valence-electron chi connectivity index (χ2n) is 3.69. The van der Waals surface area contributed by atoms with Gasteiger partial charge in [0.1, 0.15) is 11.5 Å². The third-order valence-corrected chi connectivity index (χ3v) is 2.42. The molecule has 0 amide bonds. The molecule has 0 saturated carbocycles. The Morgan fingerprint density at radius 1 is 1.39 bits per heavy atom. The number of aromatic carboxylic acids is 1. The Kier molecular flexibility index (Phi) is 2.12. The Balaban J connectivity index is 2.26. The van der Waals surface area contributed by atoms with Gasteiger partial charge in [0.25, 0.3) is 11.6 Å². The molecular formula is C11H8N4O3. The van der Waals surface area contributed by atoms with Crippen LogP contribution in [0.5, 0.6) is 0 Å². The number of hydrogen-bond acceptors (Lipinski definition) is 5. The highest BCUT2D eigenvalue weighted by Crippen LogP contribution is 2.21. The zero-order chi connectivity index (χ0) is 12.7. The molecule has 0 aromatic carbocycles. The second-order valence-corrected chi connectivity index (χ2v) is 3.69. The van der Waals surface area contributed by atoms with E-state index in [9.17, 15) is 4.79 Å². The summed E-state index contributed by atoms with van der Waals surface area (Å²) in [5.41, 5.74) is 0.605. The molecule has 0 spiro atoms. The standard InChI is InChI=1S/C11H8N4O3/c1-6-2-3-8(18-6)7-4-5-12-11-13-9(10(16)17)14-15(7)11/h2-5H,1H3,(H,16,17). The molecule has 3 rings (SSSR count). The fourth-order valence-corrected chi connectivity index (χ4v) is 1.64. The van der Waals surface area contributed by atoms with E-state index in [0.29, 0.717) is 11.5 Å². The highest BCUT2D eigenvalue weighted by molar-refractivity contribution is 5.83. The van der Waals surface area contributed by atoms with Gasteiger partial charge in [0.15, 0.2) is 5.76 Å². The van der Waals surface area contributed by atoms with Gasteiger partial charge >= 0.3 is 5.97 Å². The number of nitrogens with zero attached hydrogens (tertiary/aromatic N) is 4. The van der Waals surface area contributed by atoms with Crippen molar-refractivity contribution in [2.75, 3.05) is 0 Å². The molecule has 0 bridgehead atoms. The lowest BCUT2D eigenvalue weighted by molar-refractivity contribution is 0.0684. The van der Waals surface area contributed by atoms with Crippen molar-refractivity contribution in [3.63, 3.8) is 0 Å². The summed E-state index contributed by atoms with van der Waals surface area (Å²) in [7, 11) is 0. The predicted octanol–water partition coefficient (Wildman–Crippen LogP) is 1.39. The number of rotatable bonds is 2. The smallest absolute Gasteiger partial charge is 0.375 e. The summed E-state index contributed by atoms with van der Waals surface area (Å²) >= 11 is 0. The molecule has 0 fully saturated rings. The van der Waals surface area contributed by atoms with Crippen molar-refractivity contribution in [2.45, 2.75) is 6.92 Å². The van der Waals surface area contributed by atoms with Crippen LogP contribution >= 0.6 is 0 Å². The average molecular weight is 244 g/mol. The van der Waals surface area contributed by atoms with Gasteiger partial charge in [0.05, 0.1) is 0 Å². The van der Waals surface area contributed by atoms with Crippen molar-refractivity contribution in [1.82, 2.24) is 19.6 Å². The van der Waals surface area contributed by atoms with Crippen LogP contribution in [0.15, 0.2) is 28.8 Å². The molecule has 3 heterocycles. The van der Waals surface area contributed by atoms with Gasteiger partial charge in [0, 0.05) is 6.20 Å². The van der Waals surface area contributed by atoms with E-state index < -0.39 is 5.97 Å². The van der Waals surface area contributed by atoms with E-state index in [2.05, 4.69) is 15.1 Å². The van der Waals surface area contributed by atoms with E-state index in [4.69, 9.17) is 9.52 Å². The van der Waals surface area contributed by atoms with E-state index in [1.54, 1.807) is 12.1 Å². The van der Waals surface area contributed by atoms with E-state index in [1.165, 1.54) is 10.7 Å². The first kappa shape index (κ1) is 10.5. The zero-order valence-corrected chi connectivity index (χ0v) is 9.36. The molecule has 0 aliphatic rings. The monoisotopic (exact) mass is 244 g/mol. The third kappa shape index (κ3) is 1.53. The molecule has 0 aliphatic carbocycles. The molecule has 0 saturated heterocycles. The van der Waals surface area contributed by atoms with Gasteiger partial charge in [-0.25, -0.2) is 9.78 Å². The number of fused-ring (bicyclic) bond motifs is 1. The van der Waals surface area contributed by atoms with Crippen molar-refractivity contribution in [2.24, 2.45) is 0 Å². The molecular weight excluding hydrogens is 236 g/mol. The Bertz CT molecular complexity index is 744. The fraction of sp³-hybridized carbons (Fsp3) is 0.0909. The molecule has 3 aromatic rings. The van der Waals surface area contributed by atoms with Gasteiger partial charge in [-0.2, -0.15) is 9.50 Å². The summed E-state index contributed by atoms with van der Waals surface area (Å²) in [6.07, 6.45) is 1.53. The van der Waals surface area contributed by atoms with Gasteiger partial charge in [-0.1, -0.05) is 0 Å². The molecule has 0 aliphatic heterocycles. The summed E-state index contributed by atoms with van der Waals surface area (Å²) in [5, 5.41) is 12.7. The van der Waals surface area contributed by atoms with Crippen LogP contribution in [0, 0.1) is 6.92 Å². The Morgan fingerprint density at radius 3 is 2.89 bits per heavy atom. The van der Waals surface area contributed by atoms with Crippen LogP contribution in [-0.2, 0) is 0 Å². The normalized spacial score (nSPS) is 10.9. The molecule has 18 heavy (non-hydrogen) atoms. The minimum absolute atomic E-state index is 0.221. The Morgan fingerprint density at radius 2 is 2.22 bits per heavy atom. The SMILES string of the molecule is Cc1ccc(-c2ccnc3nc(C(=O)O)nn23)o1. The number of furan rings is 1. The first-order valence-corrected chi connectivity index (χ1v) is 5.17. The third-order valence-electron chi connectivity index (χ3n) is 2.42. The maximum absolute atomic E-state index is 10.8. The van der Waals surface area contributed by atoms with E-state index >= 15 is 0 Å². The van der Waals surface area contributed by atoms with Crippen LogP contribution in [0.2, 0.25) is 0 Å². The van der Waals surface area contributed by atoms with E-state index in [1.807, 2.05) is 13.0 Å². The topological polar surface area (TPSA) is 93.5 Å². The maximum atomic E-state index is 10.8. The predicted molar refractivity (Wildman–Crippen MR) is 60.2 cm³/mol. The van der Waals surface area contributed by atoms with Crippen LogP contribution in [0.1, 0.15) is 16.4 Å². The first-order valence-electron chi connectivity index (χ1n) is 5.17. The summed E-state index contributed by atoms with van der Waals surface area (Å²) in [6.45, 7) is 1.83. The van der Waals surface area contributed by atoms with Crippen molar-refractivity contribution in [3.8, 4) is 11.5 Å². The number of carboxylic acid groups (broad SMARTS) is 1. The minimum atomic E-state index is -1.19. The Labute approximate surface area is 101 Å². The summed E-state index contributed by atoms with van der Waals surface area (Å²) in [4.78, 5) is 18.6. The molecule has 3 aromatic heterocycles. The number of carbonyl (C=O) groups is 1. The van der Waals surface area contributed by atoms with Crippen LogP contribution in [0.4, 0.5) is 0 Å². The Hall–Kier alpha value is -2.70. The molecule has 1 N–H and O–H groups in total. The van der Waals surface area contributed by atoms with Crippen LogP contribution in [0.3, 0.4) is 0 Å². The van der Waals surface area contributed by atoms with Gasteiger partial charge in [-0.15, -0.1) is 5.10 Å². The van der Waals surface area contributed by atoms with Crippen LogP contribution in [0.25, 0.3) is 17.2 Å². The lowest BCUT2D eigenvalue weighted by Gasteiger charge is -1.98. The van der Waals surface area contributed by atoms with Crippen molar-refractivity contribution in [1.29, 1.82) is 0 Å². The van der Waals surface area contributed by atoms with Crippen LogP contribution < -0.4 is 0 Å². The van der Waals surface area contributed by atoms with Crippen molar-refractivity contribution in [3.05, 3.63) is 36.0 Å². The number of aryl methyl sites for hydroxylation is 1. The van der Waals surface area contributed by atoms with Gasteiger partial charge in [-0.05, 0) is 25.1 Å². The molecule has 7 heteroatoms. The second kappa shape index (κ2) is 3.66. The van der Waals surface area contributed by atoms with Gasteiger partial charge in [0.2, 0.25) is 0 Å². The number of aromatic nitrogens is 4. The van der Waals surface area contributed by atoms with Gasteiger partial charge < -0.3 is 9.52 Å². The average Bonchev–Trinajstić information content (AvgIpc) is 2.94. The number of hydrogen-bond donors (Lipinski definition) is 1. The molecule has 7 nitrogen and oxygen atoms in total. The first-order chi connectivity index (χ1) is 8.65. The maximum Gasteiger partial charge on any atom is 0.375 e. The molecule has 0 atom stereocenters. The van der Waals surface area contributed by atoms with E-state index in [0.717, 1.165) is 5.76 Å². The van der Waals surface area contributed by atoms with Crippen molar-refractivity contribution >= 4 is 11.7 Å². The number of carboxylic acids is 1. The largest absolute Gasteiger partial charge is 0.475 e. The molecule has 90 valence electrons. The van der Waals surface area contributed by atoms with Crippen molar-refractivity contribution < 1.29 is 14.3 Å². The summed E-state index contributed by atoms with van der Waals surface area (Å²) < 4.78 is 6.83. The molecule has 0 radical (unpaired) electrons. The van der Waals surface area contributed by atoms with Gasteiger partial charge in [-0.3, -0.25) is 0 Å². The summed E-state index contributed by atoms with van der Waals surface area (Å²) in [5.74, 6) is 0.0783. The quantitative estimate of drug-likeness (QED) is 0.732. The van der Waals surface area contributed by atoms with Crippen LogP contribution in [-0.4, -0.2) is 30.7 Å². The highest BCUT2D eigenvalue weighted by Gasteiger charge is 2.15. The highest BCUT2D eigenvalue weighted by atomic mass is 16.4. The summed E-state index contributed by atoms with van der Waals surface area (Å²) in [6, 6.07) is 5.29. The lowest BCUT2D eigenvalue weighted by atomic mass is 10.3. The van der Waals surface area contributed by atoms with E-state index in [-0.39, 0.29) is 11.6 Å². The zero-order valence-electron chi connectivity index (χ0n) is 9.36. The lowest BCUT2D eigenvalue weighted by Crippen LogP contribution is -2.00. The molecule has 0 unspecified atom stereocenters.